The molecule has 70 valence electrons. The summed E-state index contributed by atoms with van der Waals surface area (Å²) in [5, 5.41) is 0. The van der Waals surface area contributed by atoms with Crippen molar-refractivity contribution in [3.05, 3.63) is 35.1 Å². The van der Waals surface area contributed by atoms with E-state index in [1.54, 1.807) is 13.1 Å². The molecule has 3 heteroatoms. The summed E-state index contributed by atoms with van der Waals surface area (Å²) in [5.74, 6) is -0.241. The minimum atomic E-state index is -0.241. The lowest BCUT2D eigenvalue weighted by Gasteiger charge is -2.12. The molecule has 13 heavy (non-hydrogen) atoms. The van der Waals surface area contributed by atoms with Crippen LogP contribution >= 0.6 is 0 Å². The lowest BCUT2D eigenvalue weighted by atomic mass is 10.1. The van der Waals surface area contributed by atoms with Gasteiger partial charge in [0, 0.05) is 13.6 Å². The standard InChI is InChI=1S/C10H12FNO/c1-8-5-10(11)4-3-9(8)6-12(2)7-13/h3-5,7H,6H2,1-2H3. The Labute approximate surface area is 77.0 Å². The average molecular weight is 181 g/mol. The molecule has 0 radical (unpaired) electrons. The molecule has 0 N–H and O–H groups in total. The van der Waals surface area contributed by atoms with Crippen molar-refractivity contribution in [3.8, 4) is 0 Å². The molecule has 1 rings (SSSR count). The molecule has 1 aromatic rings. The van der Waals surface area contributed by atoms with Gasteiger partial charge in [0.05, 0.1) is 0 Å². The van der Waals surface area contributed by atoms with Gasteiger partial charge < -0.3 is 4.90 Å². The number of hydrogen-bond acceptors (Lipinski definition) is 1. The first-order valence-corrected chi connectivity index (χ1v) is 4.04. The van der Waals surface area contributed by atoms with Gasteiger partial charge in [0.2, 0.25) is 6.41 Å². The summed E-state index contributed by atoms with van der Waals surface area (Å²) in [6.07, 6.45) is 0.753. The zero-order valence-electron chi connectivity index (χ0n) is 7.75. The molecule has 0 aromatic heterocycles. The van der Waals surface area contributed by atoms with Crippen LogP contribution < -0.4 is 0 Å². The summed E-state index contributed by atoms with van der Waals surface area (Å²) in [4.78, 5) is 11.9. The number of amides is 1. The minimum Gasteiger partial charge on any atom is -0.344 e. The van der Waals surface area contributed by atoms with Crippen molar-refractivity contribution in [2.45, 2.75) is 13.5 Å². The highest BCUT2D eigenvalue weighted by atomic mass is 19.1. The minimum absolute atomic E-state index is 0.241. The van der Waals surface area contributed by atoms with Gasteiger partial charge in [0.25, 0.3) is 0 Å². The van der Waals surface area contributed by atoms with Crippen LogP contribution in [0.4, 0.5) is 4.39 Å². The second kappa shape index (κ2) is 4.03. The molecule has 0 unspecified atom stereocenters. The van der Waals surface area contributed by atoms with Crippen molar-refractivity contribution in [3.63, 3.8) is 0 Å². The van der Waals surface area contributed by atoms with Crippen molar-refractivity contribution in [1.29, 1.82) is 0 Å². The van der Waals surface area contributed by atoms with Crippen molar-refractivity contribution in [1.82, 2.24) is 4.90 Å². The fourth-order valence-electron chi connectivity index (χ4n) is 1.14. The predicted molar refractivity (Wildman–Crippen MR) is 48.7 cm³/mol. The fourth-order valence-corrected chi connectivity index (χ4v) is 1.14. The summed E-state index contributed by atoms with van der Waals surface area (Å²) in [7, 11) is 1.69. The third-order valence-electron chi connectivity index (χ3n) is 1.90. The van der Waals surface area contributed by atoms with Gasteiger partial charge in [-0.2, -0.15) is 0 Å². The first-order valence-electron chi connectivity index (χ1n) is 4.04. The smallest absolute Gasteiger partial charge is 0.209 e. The summed E-state index contributed by atoms with van der Waals surface area (Å²) in [6.45, 7) is 2.35. The Hall–Kier alpha value is -1.38. The average Bonchev–Trinajstić information content (AvgIpc) is 2.09. The zero-order chi connectivity index (χ0) is 9.84. The molecule has 2 nitrogen and oxygen atoms in total. The van der Waals surface area contributed by atoms with Gasteiger partial charge in [-0.15, -0.1) is 0 Å². The number of rotatable bonds is 3. The van der Waals surface area contributed by atoms with E-state index in [9.17, 15) is 9.18 Å². The molecule has 0 atom stereocenters. The number of nitrogens with zero attached hydrogens (tertiary/aromatic N) is 1. The topological polar surface area (TPSA) is 20.3 Å². The molecular weight excluding hydrogens is 169 g/mol. The number of halogens is 1. The van der Waals surface area contributed by atoms with Gasteiger partial charge in [-0.25, -0.2) is 4.39 Å². The molecule has 0 aliphatic rings. The van der Waals surface area contributed by atoms with Gasteiger partial charge in [-0.05, 0) is 30.2 Å². The van der Waals surface area contributed by atoms with Gasteiger partial charge in [-0.1, -0.05) is 6.07 Å². The maximum Gasteiger partial charge on any atom is 0.209 e. The third kappa shape index (κ3) is 2.54. The molecule has 0 aliphatic heterocycles. The number of carbonyl (C=O) groups excluding carboxylic acids is 1. The van der Waals surface area contributed by atoms with Crippen molar-refractivity contribution < 1.29 is 9.18 Å². The monoisotopic (exact) mass is 181 g/mol. The Morgan fingerprint density at radius 1 is 1.54 bits per heavy atom. The highest BCUT2D eigenvalue weighted by Gasteiger charge is 2.01. The number of aryl methyl sites for hydroxylation is 1. The van der Waals surface area contributed by atoms with E-state index >= 15 is 0 Å². The van der Waals surface area contributed by atoms with Crippen LogP contribution in [0.3, 0.4) is 0 Å². The molecule has 0 saturated heterocycles. The Kier molecular flexibility index (Phi) is 3.01. The largest absolute Gasteiger partial charge is 0.344 e. The number of carbonyl (C=O) groups is 1. The van der Waals surface area contributed by atoms with Crippen molar-refractivity contribution in [2.24, 2.45) is 0 Å². The molecule has 0 saturated carbocycles. The van der Waals surface area contributed by atoms with E-state index in [4.69, 9.17) is 0 Å². The van der Waals surface area contributed by atoms with Crippen LogP contribution in [0.2, 0.25) is 0 Å². The zero-order valence-corrected chi connectivity index (χ0v) is 7.75. The first-order chi connectivity index (χ1) is 6.13. The van der Waals surface area contributed by atoms with Gasteiger partial charge in [0.1, 0.15) is 5.82 Å². The Bertz CT molecular complexity index is 312. The summed E-state index contributed by atoms with van der Waals surface area (Å²) >= 11 is 0. The normalized spacial score (nSPS) is 9.77. The van der Waals surface area contributed by atoms with E-state index in [1.807, 2.05) is 6.92 Å². The lowest BCUT2D eigenvalue weighted by molar-refractivity contribution is -0.117. The second-order valence-electron chi connectivity index (χ2n) is 3.09. The van der Waals surface area contributed by atoms with Crippen LogP contribution in [0, 0.1) is 12.7 Å². The maximum atomic E-state index is 12.7. The van der Waals surface area contributed by atoms with E-state index in [0.29, 0.717) is 6.54 Å². The van der Waals surface area contributed by atoms with Crippen LogP contribution in [0.5, 0.6) is 0 Å². The lowest BCUT2D eigenvalue weighted by Crippen LogP contribution is -2.15. The van der Waals surface area contributed by atoms with E-state index in [1.165, 1.54) is 17.0 Å². The van der Waals surface area contributed by atoms with Crippen LogP contribution in [0.25, 0.3) is 0 Å². The highest BCUT2D eigenvalue weighted by Crippen LogP contribution is 2.11. The second-order valence-corrected chi connectivity index (χ2v) is 3.09. The fraction of sp³-hybridized carbons (Fsp3) is 0.300. The van der Waals surface area contributed by atoms with E-state index in [2.05, 4.69) is 0 Å². The molecule has 1 amide bonds. The molecule has 0 aliphatic carbocycles. The first kappa shape index (κ1) is 9.71. The molecular formula is C10H12FNO. The molecule has 1 aromatic carbocycles. The van der Waals surface area contributed by atoms with Crippen molar-refractivity contribution in [2.75, 3.05) is 7.05 Å². The van der Waals surface area contributed by atoms with Gasteiger partial charge in [-0.3, -0.25) is 4.79 Å². The summed E-state index contributed by atoms with van der Waals surface area (Å²) < 4.78 is 12.7. The van der Waals surface area contributed by atoms with Gasteiger partial charge in [0.15, 0.2) is 0 Å². The van der Waals surface area contributed by atoms with Crippen LogP contribution in [-0.2, 0) is 11.3 Å². The van der Waals surface area contributed by atoms with Gasteiger partial charge >= 0.3 is 0 Å². The maximum absolute atomic E-state index is 12.7. The van der Waals surface area contributed by atoms with E-state index in [-0.39, 0.29) is 5.82 Å². The highest BCUT2D eigenvalue weighted by molar-refractivity contribution is 5.47. The predicted octanol–water partition coefficient (Wildman–Crippen LogP) is 1.72. The molecule has 0 heterocycles. The molecule has 0 fully saturated rings. The summed E-state index contributed by atoms with van der Waals surface area (Å²) in [6, 6.07) is 4.57. The van der Waals surface area contributed by atoms with Crippen molar-refractivity contribution >= 4 is 6.41 Å². The summed E-state index contributed by atoms with van der Waals surface area (Å²) in [5.41, 5.74) is 1.84. The Balaban J connectivity index is 2.83. The molecule has 0 spiro atoms. The quantitative estimate of drug-likeness (QED) is 0.650. The Morgan fingerprint density at radius 3 is 2.77 bits per heavy atom. The number of benzene rings is 1. The molecule has 0 bridgehead atoms. The Morgan fingerprint density at radius 2 is 2.23 bits per heavy atom. The van der Waals surface area contributed by atoms with Crippen LogP contribution in [-0.4, -0.2) is 18.4 Å². The van der Waals surface area contributed by atoms with Crippen LogP contribution in [0.15, 0.2) is 18.2 Å². The third-order valence-corrected chi connectivity index (χ3v) is 1.90. The van der Waals surface area contributed by atoms with E-state index in [0.717, 1.165) is 17.5 Å². The number of hydrogen-bond donors (Lipinski definition) is 0. The van der Waals surface area contributed by atoms with E-state index < -0.39 is 0 Å². The SMILES string of the molecule is Cc1cc(F)ccc1CN(C)C=O. The van der Waals surface area contributed by atoms with Crippen LogP contribution in [0.1, 0.15) is 11.1 Å².